The molecule has 0 aromatic rings. The summed E-state index contributed by atoms with van der Waals surface area (Å²) in [6.45, 7) is 7.11. The van der Waals surface area contributed by atoms with Crippen molar-refractivity contribution in [2.75, 3.05) is 6.61 Å². The first-order chi connectivity index (χ1) is 7.15. The van der Waals surface area contributed by atoms with Crippen LogP contribution in [-0.4, -0.2) is 30.5 Å². The van der Waals surface area contributed by atoms with E-state index in [2.05, 4.69) is 16.4 Å². The number of carbonyl (C=O) groups is 1. The Kier molecular flexibility index (Phi) is 7.18. The van der Waals surface area contributed by atoms with Gasteiger partial charge in [0.2, 0.25) is 0 Å². The molecule has 0 aliphatic heterocycles. The highest BCUT2D eigenvalue weighted by molar-refractivity contribution is 5.74. The van der Waals surface area contributed by atoms with Crippen molar-refractivity contribution >= 4 is 12.7 Å². The molecule has 1 unspecified atom stereocenters. The van der Waals surface area contributed by atoms with Gasteiger partial charge in [-0.15, -0.1) is 0 Å². The zero-order valence-corrected chi connectivity index (χ0v) is 9.14. The van der Waals surface area contributed by atoms with Gasteiger partial charge in [0.1, 0.15) is 0 Å². The van der Waals surface area contributed by atoms with Crippen molar-refractivity contribution < 1.29 is 14.6 Å². The second kappa shape index (κ2) is 7.94. The van der Waals surface area contributed by atoms with Crippen LogP contribution in [0.3, 0.4) is 0 Å². The van der Waals surface area contributed by atoms with Gasteiger partial charge in [0.25, 0.3) is 0 Å². The number of esters is 1. The Morgan fingerprint density at radius 2 is 2.33 bits per heavy atom. The van der Waals surface area contributed by atoms with Gasteiger partial charge in [-0.25, -0.2) is 4.79 Å². The van der Waals surface area contributed by atoms with Crippen LogP contribution in [0.5, 0.6) is 0 Å². The maximum Gasteiger partial charge on any atom is 0.335 e. The Balaban J connectivity index is 4.34. The first kappa shape index (κ1) is 13.6. The molecule has 0 radical (unpaired) electrons. The molecule has 1 atom stereocenters. The van der Waals surface area contributed by atoms with Gasteiger partial charge in [0, 0.05) is 12.6 Å². The molecule has 0 spiro atoms. The van der Waals surface area contributed by atoms with E-state index in [9.17, 15) is 9.90 Å². The van der Waals surface area contributed by atoms with Crippen molar-refractivity contribution in [3.8, 4) is 0 Å². The average molecular weight is 211 g/mol. The predicted octanol–water partition coefficient (Wildman–Crippen LogP) is 1.46. The maximum absolute atomic E-state index is 11.1. The SMILES string of the molecule is C=N/C=C(\C=C/C)CC(O)C(=O)OCC. The molecule has 0 aliphatic carbocycles. The van der Waals surface area contributed by atoms with E-state index in [1.807, 2.05) is 6.92 Å². The van der Waals surface area contributed by atoms with Gasteiger partial charge in [-0.2, -0.15) is 0 Å². The minimum atomic E-state index is -1.14. The van der Waals surface area contributed by atoms with E-state index in [-0.39, 0.29) is 13.0 Å². The highest BCUT2D eigenvalue weighted by Crippen LogP contribution is 2.09. The van der Waals surface area contributed by atoms with Crippen molar-refractivity contribution in [3.63, 3.8) is 0 Å². The third-order valence-electron chi connectivity index (χ3n) is 1.63. The second-order valence-electron chi connectivity index (χ2n) is 2.86. The normalized spacial score (nSPS) is 13.9. The molecule has 0 aromatic carbocycles. The first-order valence-corrected chi connectivity index (χ1v) is 4.78. The minimum absolute atomic E-state index is 0.183. The minimum Gasteiger partial charge on any atom is -0.464 e. The lowest BCUT2D eigenvalue weighted by atomic mass is 10.1. The van der Waals surface area contributed by atoms with Crippen LogP contribution in [0.1, 0.15) is 20.3 Å². The largest absolute Gasteiger partial charge is 0.464 e. The number of hydrogen-bond acceptors (Lipinski definition) is 4. The monoisotopic (exact) mass is 211 g/mol. The zero-order valence-electron chi connectivity index (χ0n) is 9.14. The molecule has 0 rings (SSSR count). The molecule has 0 saturated carbocycles. The summed E-state index contributed by atoms with van der Waals surface area (Å²) in [5.74, 6) is -0.614. The van der Waals surface area contributed by atoms with E-state index < -0.39 is 12.1 Å². The quantitative estimate of drug-likeness (QED) is 0.411. The topological polar surface area (TPSA) is 58.9 Å². The third kappa shape index (κ3) is 5.80. The fourth-order valence-electron chi connectivity index (χ4n) is 1.04. The average Bonchev–Trinajstić information content (AvgIpc) is 2.18. The third-order valence-corrected chi connectivity index (χ3v) is 1.63. The van der Waals surface area contributed by atoms with E-state index >= 15 is 0 Å². The number of ether oxygens (including phenoxy) is 1. The molecule has 4 heteroatoms. The first-order valence-electron chi connectivity index (χ1n) is 4.78. The number of hydrogen-bond donors (Lipinski definition) is 1. The van der Waals surface area contributed by atoms with Crippen LogP contribution in [0.4, 0.5) is 0 Å². The van der Waals surface area contributed by atoms with Crippen LogP contribution in [0.15, 0.2) is 28.9 Å². The van der Waals surface area contributed by atoms with Gasteiger partial charge >= 0.3 is 5.97 Å². The van der Waals surface area contributed by atoms with Gasteiger partial charge in [0.05, 0.1) is 6.61 Å². The standard InChI is InChI=1S/C11H17NO3/c1-4-6-9(8-12-3)7-10(13)11(14)15-5-2/h4,6,8,10,13H,3,5,7H2,1-2H3/b6-4-,9-8+. The highest BCUT2D eigenvalue weighted by atomic mass is 16.5. The molecule has 4 nitrogen and oxygen atoms in total. The lowest BCUT2D eigenvalue weighted by Gasteiger charge is -2.09. The van der Waals surface area contributed by atoms with Crippen LogP contribution < -0.4 is 0 Å². The van der Waals surface area contributed by atoms with E-state index in [4.69, 9.17) is 0 Å². The maximum atomic E-state index is 11.1. The fraction of sp³-hybridized carbons (Fsp3) is 0.455. The van der Waals surface area contributed by atoms with E-state index in [0.717, 1.165) is 5.57 Å². The van der Waals surface area contributed by atoms with Crippen LogP contribution in [0.25, 0.3) is 0 Å². The van der Waals surface area contributed by atoms with Crippen LogP contribution in [0.2, 0.25) is 0 Å². The molecule has 0 aliphatic rings. The summed E-state index contributed by atoms with van der Waals surface area (Å²) >= 11 is 0. The Morgan fingerprint density at radius 3 is 2.80 bits per heavy atom. The van der Waals surface area contributed by atoms with E-state index in [0.29, 0.717) is 0 Å². The molecule has 0 saturated heterocycles. The number of allylic oxidation sites excluding steroid dienone is 2. The van der Waals surface area contributed by atoms with Crippen LogP contribution in [0, 0.1) is 0 Å². The lowest BCUT2D eigenvalue weighted by molar-refractivity contribution is -0.152. The molecule has 84 valence electrons. The summed E-state index contributed by atoms with van der Waals surface area (Å²) in [7, 11) is 0. The molecule has 0 bridgehead atoms. The zero-order chi connectivity index (χ0) is 11.7. The second-order valence-corrected chi connectivity index (χ2v) is 2.86. The summed E-state index contributed by atoms with van der Waals surface area (Å²) < 4.78 is 4.67. The Labute approximate surface area is 90.0 Å². The van der Waals surface area contributed by atoms with Crippen molar-refractivity contribution in [1.82, 2.24) is 0 Å². The summed E-state index contributed by atoms with van der Waals surface area (Å²) in [6.07, 6.45) is 4.10. The van der Waals surface area contributed by atoms with E-state index in [1.165, 1.54) is 6.20 Å². The molecule has 15 heavy (non-hydrogen) atoms. The van der Waals surface area contributed by atoms with Gasteiger partial charge < -0.3 is 9.84 Å². The van der Waals surface area contributed by atoms with Crippen LogP contribution in [-0.2, 0) is 9.53 Å². The number of carbonyl (C=O) groups excluding carboxylic acids is 1. The van der Waals surface area contributed by atoms with Gasteiger partial charge in [-0.05, 0) is 26.1 Å². The summed E-state index contributed by atoms with van der Waals surface area (Å²) in [6, 6.07) is 0. The van der Waals surface area contributed by atoms with Crippen molar-refractivity contribution in [2.24, 2.45) is 4.99 Å². The molecule has 0 amide bonds. The predicted molar refractivity (Wildman–Crippen MR) is 59.7 cm³/mol. The number of rotatable bonds is 6. The van der Waals surface area contributed by atoms with Gasteiger partial charge in [-0.3, -0.25) is 4.99 Å². The number of aliphatic hydroxyl groups excluding tert-OH is 1. The van der Waals surface area contributed by atoms with Crippen LogP contribution >= 0.6 is 0 Å². The molecule has 0 aromatic heterocycles. The van der Waals surface area contributed by atoms with Gasteiger partial charge in [0.15, 0.2) is 6.10 Å². The van der Waals surface area contributed by atoms with Crippen molar-refractivity contribution in [3.05, 3.63) is 23.9 Å². The smallest absolute Gasteiger partial charge is 0.335 e. The Hall–Kier alpha value is -1.42. The molecule has 1 N–H and O–H groups in total. The molecule has 0 fully saturated rings. The number of aliphatic hydroxyl groups is 1. The Morgan fingerprint density at radius 1 is 1.67 bits per heavy atom. The molecule has 0 heterocycles. The number of nitrogens with zero attached hydrogens (tertiary/aromatic N) is 1. The fourth-order valence-corrected chi connectivity index (χ4v) is 1.04. The molecular formula is C11H17NO3. The molecular weight excluding hydrogens is 194 g/mol. The highest BCUT2D eigenvalue weighted by Gasteiger charge is 2.16. The van der Waals surface area contributed by atoms with E-state index in [1.54, 1.807) is 19.1 Å². The Bertz CT molecular complexity index is 269. The number of aliphatic imine (C=N–C) groups is 1. The summed E-state index contributed by atoms with van der Waals surface area (Å²) in [5, 5.41) is 9.46. The van der Waals surface area contributed by atoms with Gasteiger partial charge in [-0.1, -0.05) is 12.2 Å². The van der Waals surface area contributed by atoms with Crippen molar-refractivity contribution in [1.29, 1.82) is 0 Å². The lowest BCUT2D eigenvalue weighted by Crippen LogP contribution is -2.23. The summed E-state index contributed by atoms with van der Waals surface area (Å²) in [4.78, 5) is 14.7. The van der Waals surface area contributed by atoms with Crippen molar-refractivity contribution in [2.45, 2.75) is 26.4 Å². The summed E-state index contributed by atoms with van der Waals surface area (Å²) in [5.41, 5.74) is 0.730.